The summed E-state index contributed by atoms with van der Waals surface area (Å²) in [6.07, 6.45) is 1.93. The Balaban J connectivity index is 2.19. The summed E-state index contributed by atoms with van der Waals surface area (Å²) in [6.45, 7) is 0. The van der Waals surface area contributed by atoms with E-state index in [0.717, 1.165) is 16.7 Å². The van der Waals surface area contributed by atoms with E-state index >= 15 is 0 Å². The number of methoxy groups -OCH3 is 1. The molecule has 0 aliphatic rings. The Labute approximate surface area is 114 Å². The molecule has 0 amide bonds. The Morgan fingerprint density at radius 2 is 1.95 bits per heavy atom. The molecular formula is C16H11NOS. The van der Waals surface area contributed by atoms with E-state index in [1.165, 1.54) is 20.2 Å². The Morgan fingerprint density at radius 1 is 1.05 bits per heavy atom. The van der Waals surface area contributed by atoms with E-state index in [1.54, 1.807) is 18.4 Å². The third-order valence-corrected chi connectivity index (χ3v) is 4.60. The SMILES string of the molecule is COc1ccc2c(cnc3c4ccccc4sc23)c1. The fourth-order valence-corrected chi connectivity index (χ4v) is 3.65. The van der Waals surface area contributed by atoms with Crippen molar-refractivity contribution in [2.75, 3.05) is 7.11 Å². The van der Waals surface area contributed by atoms with Crippen molar-refractivity contribution in [2.24, 2.45) is 0 Å². The van der Waals surface area contributed by atoms with Crippen molar-refractivity contribution >= 4 is 42.4 Å². The molecule has 0 saturated carbocycles. The van der Waals surface area contributed by atoms with Crippen LogP contribution < -0.4 is 4.74 Å². The van der Waals surface area contributed by atoms with E-state index in [-0.39, 0.29) is 0 Å². The van der Waals surface area contributed by atoms with Gasteiger partial charge in [-0.1, -0.05) is 18.2 Å². The number of benzene rings is 2. The van der Waals surface area contributed by atoms with Gasteiger partial charge in [-0.05, 0) is 24.3 Å². The highest BCUT2D eigenvalue weighted by Gasteiger charge is 2.09. The molecule has 0 spiro atoms. The van der Waals surface area contributed by atoms with Crippen molar-refractivity contribution in [3.8, 4) is 5.75 Å². The van der Waals surface area contributed by atoms with Gasteiger partial charge in [0.2, 0.25) is 0 Å². The van der Waals surface area contributed by atoms with E-state index in [0.29, 0.717) is 0 Å². The van der Waals surface area contributed by atoms with Crippen LogP contribution in [-0.4, -0.2) is 12.1 Å². The number of aromatic nitrogens is 1. The maximum absolute atomic E-state index is 5.27. The third kappa shape index (κ3) is 1.52. The third-order valence-electron chi connectivity index (χ3n) is 3.41. The van der Waals surface area contributed by atoms with Gasteiger partial charge in [0.1, 0.15) is 5.75 Å². The molecular weight excluding hydrogens is 254 g/mol. The maximum Gasteiger partial charge on any atom is 0.119 e. The molecule has 0 radical (unpaired) electrons. The van der Waals surface area contributed by atoms with Gasteiger partial charge in [0, 0.05) is 27.1 Å². The molecule has 0 N–H and O–H groups in total. The summed E-state index contributed by atoms with van der Waals surface area (Å²) in [5.74, 6) is 0.870. The quantitative estimate of drug-likeness (QED) is 0.501. The molecule has 4 aromatic rings. The molecule has 4 rings (SSSR count). The molecule has 0 atom stereocenters. The summed E-state index contributed by atoms with van der Waals surface area (Å²) in [4.78, 5) is 4.63. The molecule has 92 valence electrons. The first-order valence-corrected chi connectivity index (χ1v) is 6.92. The first kappa shape index (κ1) is 10.8. The minimum absolute atomic E-state index is 0.870. The number of fused-ring (bicyclic) bond motifs is 5. The highest BCUT2D eigenvalue weighted by Crippen LogP contribution is 2.37. The number of hydrogen-bond acceptors (Lipinski definition) is 3. The second kappa shape index (κ2) is 3.93. The number of rotatable bonds is 1. The Hall–Kier alpha value is -2.13. The van der Waals surface area contributed by atoms with Gasteiger partial charge in [0.15, 0.2) is 0 Å². The van der Waals surface area contributed by atoms with E-state index in [2.05, 4.69) is 35.3 Å². The molecule has 0 unspecified atom stereocenters. The van der Waals surface area contributed by atoms with E-state index in [9.17, 15) is 0 Å². The van der Waals surface area contributed by atoms with Crippen molar-refractivity contribution in [2.45, 2.75) is 0 Å². The average molecular weight is 265 g/mol. The average Bonchev–Trinajstić information content (AvgIpc) is 2.85. The summed E-state index contributed by atoms with van der Waals surface area (Å²) < 4.78 is 7.81. The smallest absolute Gasteiger partial charge is 0.119 e. The van der Waals surface area contributed by atoms with Crippen molar-refractivity contribution in [1.29, 1.82) is 0 Å². The largest absolute Gasteiger partial charge is 0.497 e. The van der Waals surface area contributed by atoms with Gasteiger partial charge in [-0.2, -0.15) is 0 Å². The van der Waals surface area contributed by atoms with E-state index in [4.69, 9.17) is 4.74 Å². The van der Waals surface area contributed by atoms with Crippen molar-refractivity contribution < 1.29 is 4.74 Å². The molecule has 0 aliphatic heterocycles. The lowest BCUT2D eigenvalue weighted by Crippen LogP contribution is -1.83. The standard InChI is InChI=1S/C16H11NOS/c1-18-11-6-7-12-10(8-11)9-17-15-13-4-2-3-5-14(13)19-16(12)15/h2-9H,1H3. The van der Waals surface area contributed by atoms with Crippen LogP contribution in [0, 0.1) is 0 Å². The van der Waals surface area contributed by atoms with Crippen molar-refractivity contribution in [3.05, 3.63) is 48.7 Å². The normalized spacial score (nSPS) is 11.4. The van der Waals surface area contributed by atoms with Crippen LogP contribution in [0.4, 0.5) is 0 Å². The van der Waals surface area contributed by atoms with Crippen LogP contribution in [-0.2, 0) is 0 Å². The summed E-state index contributed by atoms with van der Waals surface area (Å²) in [5.41, 5.74) is 1.10. The number of pyridine rings is 1. The van der Waals surface area contributed by atoms with Gasteiger partial charge in [-0.3, -0.25) is 4.98 Å². The van der Waals surface area contributed by atoms with Gasteiger partial charge in [0.25, 0.3) is 0 Å². The highest BCUT2D eigenvalue weighted by molar-refractivity contribution is 7.26. The maximum atomic E-state index is 5.27. The van der Waals surface area contributed by atoms with Crippen LogP contribution in [0.25, 0.3) is 31.1 Å². The molecule has 19 heavy (non-hydrogen) atoms. The van der Waals surface area contributed by atoms with Crippen LogP contribution >= 0.6 is 11.3 Å². The highest BCUT2D eigenvalue weighted by atomic mass is 32.1. The molecule has 2 aromatic heterocycles. The zero-order chi connectivity index (χ0) is 12.8. The minimum Gasteiger partial charge on any atom is -0.497 e. The summed E-state index contributed by atoms with van der Waals surface area (Å²) in [6, 6.07) is 14.6. The fourth-order valence-electron chi connectivity index (χ4n) is 2.46. The van der Waals surface area contributed by atoms with Gasteiger partial charge >= 0.3 is 0 Å². The predicted octanol–water partition coefficient (Wildman–Crippen LogP) is 4.61. The van der Waals surface area contributed by atoms with Gasteiger partial charge in [-0.15, -0.1) is 11.3 Å². The van der Waals surface area contributed by atoms with Crippen molar-refractivity contribution in [3.63, 3.8) is 0 Å². The van der Waals surface area contributed by atoms with Crippen molar-refractivity contribution in [1.82, 2.24) is 4.98 Å². The lowest BCUT2D eigenvalue weighted by atomic mass is 10.1. The number of thiophene rings is 1. The molecule has 3 heteroatoms. The summed E-state index contributed by atoms with van der Waals surface area (Å²) in [5, 5.41) is 3.60. The second-order valence-corrected chi connectivity index (χ2v) is 5.54. The number of ether oxygens (including phenoxy) is 1. The Bertz CT molecular complexity index is 910. The first-order chi connectivity index (χ1) is 9.36. The summed E-state index contributed by atoms with van der Waals surface area (Å²) >= 11 is 1.80. The molecule has 2 aromatic carbocycles. The zero-order valence-electron chi connectivity index (χ0n) is 10.4. The number of nitrogens with zero attached hydrogens (tertiary/aromatic N) is 1. The Kier molecular flexibility index (Phi) is 2.23. The van der Waals surface area contributed by atoms with Crippen LogP contribution in [0.15, 0.2) is 48.7 Å². The van der Waals surface area contributed by atoms with Crippen LogP contribution in [0.3, 0.4) is 0 Å². The van der Waals surface area contributed by atoms with Gasteiger partial charge in [-0.25, -0.2) is 0 Å². The van der Waals surface area contributed by atoms with Crippen LogP contribution in [0.5, 0.6) is 5.75 Å². The molecule has 2 nitrogen and oxygen atoms in total. The van der Waals surface area contributed by atoms with Gasteiger partial charge < -0.3 is 4.74 Å². The predicted molar refractivity (Wildman–Crippen MR) is 81.2 cm³/mol. The molecule has 0 aliphatic carbocycles. The molecule has 0 bridgehead atoms. The van der Waals surface area contributed by atoms with Crippen LogP contribution in [0.1, 0.15) is 0 Å². The lowest BCUT2D eigenvalue weighted by Gasteiger charge is -2.02. The molecule has 0 saturated heterocycles. The lowest BCUT2D eigenvalue weighted by molar-refractivity contribution is 0.415. The number of hydrogen-bond donors (Lipinski definition) is 0. The summed E-state index contributed by atoms with van der Waals surface area (Å²) in [7, 11) is 1.69. The van der Waals surface area contributed by atoms with Crippen LogP contribution in [0.2, 0.25) is 0 Å². The fraction of sp³-hybridized carbons (Fsp3) is 0.0625. The molecule has 0 fully saturated rings. The van der Waals surface area contributed by atoms with E-state index in [1.807, 2.05) is 18.3 Å². The first-order valence-electron chi connectivity index (χ1n) is 6.11. The second-order valence-electron chi connectivity index (χ2n) is 4.49. The van der Waals surface area contributed by atoms with Gasteiger partial charge in [0.05, 0.1) is 17.3 Å². The zero-order valence-corrected chi connectivity index (χ0v) is 11.2. The van der Waals surface area contributed by atoms with E-state index < -0.39 is 0 Å². The topological polar surface area (TPSA) is 22.1 Å². The monoisotopic (exact) mass is 265 g/mol. The minimum atomic E-state index is 0.870. The Morgan fingerprint density at radius 3 is 2.84 bits per heavy atom. The molecule has 2 heterocycles.